The van der Waals surface area contributed by atoms with E-state index in [1.807, 2.05) is 4.90 Å². The summed E-state index contributed by atoms with van der Waals surface area (Å²) < 4.78 is 44.7. The maximum atomic E-state index is 12.9. The molecule has 1 unspecified atom stereocenters. The Morgan fingerprint density at radius 2 is 1.75 bits per heavy atom. The third-order valence-electron chi connectivity index (χ3n) is 6.81. The molecule has 0 saturated carbocycles. The number of hydrogen-bond donors (Lipinski definition) is 1. The van der Waals surface area contributed by atoms with Crippen LogP contribution in [-0.2, 0) is 29.0 Å². The monoisotopic (exact) mass is 458 g/mol. The highest BCUT2D eigenvalue weighted by Gasteiger charge is 2.45. The van der Waals surface area contributed by atoms with Gasteiger partial charge in [0.05, 0.1) is 0 Å². The molecule has 0 bridgehead atoms. The molecule has 1 N–H and O–H groups in total. The highest BCUT2D eigenvalue weighted by Crippen LogP contribution is 2.39. The number of hydrogen-bond acceptors (Lipinski definition) is 3. The van der Waals surface area contributed by atoms with Crippen LogP contribution in [-0.4, -0.2) is 64.8 Å². The maximum Gasteiger partial charge on any atom is 0.490 e. The first-order chi connectivity index (χ1) is 15.1. The van der Waals surface area contributed by atoms with Crippen molar-refractivity contribution in [3.63, 3.8) is 0 Å². The van der Waals surface area contributed by atoms with Crippen molar-refractivity contribution in [3.8, 4) is 0 Å². The lowest BCUT2D eigenvalue weighted by Gasteiger charge is -2.37. The van der Waals surface area contributed by atoms with E-state index in [1.165, 1.54) is 30.4 Å². The number of halogens is 4. The largest absolute Gasteiger partial charge is 0.490 e. The number of carboxylic acids is 1. The molecule has 1 aromatic rings. The van der Waals surface area contributed by atoms with Crippen LogP contribution in [0.4, 0.5) is 17.6 Å². The summed E-state index contributed by atoms with van der Waals surface area (Å²) in [4.78, 5) is 25.5. The van der Waals surface area contributed by atoms with Gasteiger partial charge in [-0.05, 0) is 68.2 Å². The minimum absolute atomic E-state index is 0.0736. The molecule has 2 aliphatic heterocycles. The van der Waals surface area contributed by atoms with Gasteiger partial charge >= 0.3 is 12.1 Å². The van der Waals surface area contributed by atoms with Crippen LogP contribution in [0.3, 0.4) is 0 Å². The summed E-state index contributed by atoms with van der Waals surface area (Å²) in [5.74, 6) is -2.60. The molecule has 1 aliphatic carbocycles. The molecule has 32 heavy (non-hydrogen) atoms. The lowest BCUT2D eigenvalue weighted by Crippen LogP contribution is -2.47. The van der Waals surface area contributed by atoms with Crippen LogP contribution in [0.25, 0.3) is 0 Å². The van der Waals surface area contributed by atoms with Crippen molar-refractivity contribution in [2.75, 3.05) is 26.3 Å². The van der Waals surface area contributed by atoms with Crippen LogP contribution >= 0.6 is 0 Å². The number of carbonyl (C=O) groups excluding carboxylic acids is 1. The Morgan fingerprint density at radius 1 is 1.03 bits per heavy atom. The molecule has 3 aliphatic rings. The smallest absolute Gasteiger partial charge is 0.475 e. The lowest BCUT2D eigenvalue weighted by atomic mass is 9.88. The molecule has 1 spiro atoms. The van der Waals surface area contributed by atoms with Gasteiger partial charge in [0, 0.05) is 31.6 Å². The molecule has 5 nitrogen and oxygen atoms in total. The van der Waals surface area contributed by atoms with Crippen LogP contribution in [0.5, 0.6) is 0 Å². The van der Waals surface area contributed by atoms with E-state index >= 15 is 0 Å². The van der Waals surface area contributed by atoms with Gasteiger partial charge in [0.2, 0.25) is 5.91 Å². The summed E-state index contributed by atoms with van der Waals surface area (Å²) in [5, 5.41) is 7.12. The molecule has 1 atom stereocenters. The van der Waals surface area contributed by atoms with Crippen LogP contribution in [0.2, 0.25) is 0 Å². The molecule has 178 valence electrons. The SMILES string of the molecule is O=C(O)C(F)(F)F.O=C1CCC2(CCCN(Cc3ccc4c(c3)CCC4)CC2)N1CCF. The number of likely N-dealkylation sites (tertiary alicyclic amines) is 2. The van der Waals surface area contributed by atoms with Crippen molar-refractivity contribution in [1.82, 2.24) is 9.80 Å². The van der Waals surface area contributed by atoms with E-state index in [-0.39, 0.29) is 18.0 Å². The molecular formula is C23H30F4N2O3. The van der Waals surface area contributed by atoms with Gasteiger partial charge in [-0.1, -0.05) is 18.2 Å². The number of benzene rings is 1. The van der Waals surface area contributed by atoms with Crippen LogP contribution in [0, 0.1) is 0 Å². The summed E-state index contributed by atoms with van der Waals surface area (Å²) in [6.45, 7) is 2.94. The quantitative estimate of drug-likeness (QED) is 0.690. The Balaban J connectivity index is 0.000000360. The lowest BCUT2D eigenvalue weighted by molar-refractivity contribution is -0.192. The zero-order chi connectivity index (χ0) is 23.4. The van der Waals surface area contributed by atoms with Crippen molar-refractivity contribution >= 4 is 11.9 Å². The van der Waals surface area contributed by atoms with Gasteiger partial charge in [0.15, 0.2) is 0 Å². The molecule has 2 fully saturated rings. The molecule has 1 aromatic carbocycles. The van der Waals surface area contributed by atoms with Crippen molar-refractivity contribution in [1.29, 1.82) is 0 Å². The second-order valence-electron chi connectivity index (χ2n) is 8.85. The van der Waals surface area contributed by atoms with Crippen molar-refractivity contribution in [2.24, 2.45) is 0 Å². The second kappa shape index (κ2) is 10.2. The number of aliphatic carboxylic acids is 1. The third-order valence-corrected chi connectivity index (χ3v) is 6.81. The number of alkyl halides is 4. The van der Waals surface area contributed by atoms with Crippen LogP contribution in [0.1, 0.15) is 55.2 Å². The maximum absolute atomic E-state index is 12.9. The zero-order valence-electron chi connectivity index (χ0n) is 18.1. The zero-order valence-corrected chi connectivity index (χ0v) is 18.1. The highest BCUT2D eigenvalue weighted by atomic mass is 19.4. The first kappa shape index (κ1) is 24.5. The first-order valence-corrected chi connectivity index (χ1v) is 11.1. The Morgan fingerprint density at radius 3 is 2.44 bits per heavy atom. The Kier molecular flexibility index (Phi) is 7.79. The minimum Gasteiger partial charge on any atom is -0.475 e. The van der Waals surface area contributed by atoms with Crippen molar-refractivity contribution in [3.05, 3.63) is 34.9 Å². The fraction of sp³-hybridized carbons (Fsp3) is 0.652. The minimum atomic E-state index is -5.08. The van der Waals surface area contributed by atoms with Crippen LogP contribution in [0.15, 0.2) is 18.2 Å². The summed E-state index contributed by atoms with van der Waals surface area (Å²) in [6.07, 6.45) is 3.31. The fourth-order valence-corrected chi connectivity index (χ4v) is 5.21. The molecular weight excluding hydrogens is 428 g/mol. The van der Waals surface area contributed by atoms with Crippen molar-refractivity contribution < 1.29 is 32.3 Å². The fourth-order valence-electron chi connectivity index (χ4n) is 5.21. The molecule has 0 aromatic heterocycles. The second-order valence-corrected chi connectivity index (χ2v) is 8.85. The molecule has 4 rings (SSSR count). The van der Waals surface area contributed by atoms with E-state index in [0.29, 0.717) is 6.42 Å². The normalized spacial score (nSPS) is 23.6. The van der Waals surface area contributed by atoms with Gasteiger partial charge in [0.1, 0.15) is 6.67 Å². The number of rotatable bonds is 4. The number of carboxylic acid groups (broad SMARTS) is 1. The van der Waals surface area contributed by atoms with E-state index in [4.69, 9.17) is 9.90 Å². The topological polar surface area (TPSA) is 60.9 Å². The van der Waals surface area contributed by atoms with Crippen LogP contribution < -0.4 is 0 Å². The van der Waals surface area contributed by atoms with Gasteiger partial charge < -0.3 is 10.0 Å². The van der Waals surface area contributed by atoms with E-state index in [2.05, 4.69) is 23.1 Å². The highest BCUT2D eigenvalue weighted by molar-refractivity contribution is 5.79. The molecule has 0 radical (unpaired) electrons. The molecule has 1 amide bonds. The number of fused-ring (bicyclic) bond motifs is 1. The summed E-state index contributed by atoms with van der Waals surface area (Å²) >= 11 is 0. The average molecular weight is 458 g/mol. The standard InChI is InChI=1S/C21H29FN2O.C2HF3O2/c22-11-14-24-20(25)7-9-21(24)8-2-12-23(13-10-21)16-17-5-6-18-3-1-4-19(18)15-17;3-2(4,5)1(6)7/h5-6,15H,1-4,7-14,16H2;(H,6,7). The van der Waals surface area contributed by atoms with Gasteiger partial charge in [-0.25, -0.2) is 9.18 Å². The molecule has 2 heterocycles. The van der Waals surface area contributed by atoms with E-state index in [1.54, 1.807) is 5.56 Å². The third kappa shape index (κ3) is 5.79. The van der Waals surface area contributed by atoms with E-state index < -0.39 is 18.8 Å². The predicted octanol–water partition coefficient (Wildman–Crippen LogP) is 4.13. The first-order valence-electron chi connectivity index (χ1n) is 11.1. The Labute approximate surface area is 185 Å². The summed E-state index contributed by atoms with van der Waals surface area (Å²) in [5.41, 5.74) is 4.42. The van der Waals surface area contributed by atoms with Crippen molar-refractivity contribution in [2.45, 2.75) is 69.6 Å². The Bertz CT molecular complexity index is 830. The van der Waals surface area contributed by atoms with Gasteiger partial charge in [-0.15, -0.1) is 0 Å². The number of nitrogens with zero attached hydrogens (tertiary/aromatic N) is 2. The number of amides is 1. The summed E-state index contributed by atoms with van der Waals surface area (Å²) in [7, 11) is 0. The summed E-state index contributed by atoms with van der Waals surface area (Å²) in [6, 6.07) is 7.01. The Hall–Kier alpha value is -2.16. The average Bonchev–Trinajstić information content (AvgIpc) is 3.25. The molecule has 9 heteroatoms. The number of carbonyl (C=O) groups is 2. The van der Waals surface area contributed by atoms with E-state index in [0.717, 1.165) is 45.3 Å². The van der Waals surface area contributed by atoms with Gasteiger partial charge in [-0.2, -0.15) is 13.2 Å². The predicted molar refractivity (Wildman–Crippen MR) is 111 cm³/mol. The van der Waals surface area contributed by atoms with Gasteiger partial charge in [0.25, 0.3) is 0 Å². The van der Waals surface area contributed by atoms with E-state index in [9.17, 15) is 22.4 Å². The van der Waals surface area contributed by atoms with Gasteiger partial charge in [-0.3, -0.25) is 9.69 Å². The number of aryl methyl sites for hydroxylation is 2. The molecule has 2 saturated heterocycles.